The predicted octanol–water partition coefficient (Wildman–Crippen LogP) is 5.19. The SMILES string of the molecule is Cc1cc(C)c2nc(NCc3ccccc3)cc(C)c2c1.Cl. The summed E-state index contributed by atoms with van der Waals surface area (Å²) in [6.45, 7) is 7.20. The lowest BCUT2D eigenvalue weighted by Crippen LogP contribution is -2.02. The molecule has 0 aliphatic heterocycles. The van der Waals surface area contributed by atoms with E-state index in [9.17, 15) is 0 Å². The van der Waals surface area contributed by atoms with Crippen LogP contribution < -0.4 is 5.32 Å². The second kappa shape index (κ2) is 6.80. The van der Waals surface area contributed by atoms with Crippen LogP contribution in [0.4, 0.5) is 5.82 Å². The van der Waals surface area contributed by atoms with Gasteiger partial charge in [-0.1, -0.05) is 42.0 Å². The van der Waals surface area contributed by atoms with Gasteiger partial charge in [0.05, 0.1) is 5.52 Å². The zero-order chi connectivity index (χ0) is 14.8. The molecule has 0 bridgehead atoms. The highest BCUT2D eigenvalue weighted by atomic mass is 35.5. The first kappa shape index (κ1) is 16.3. The van der Waals surface area contributed by atoms with Gasteiger partial charge in [-0.15, -0.1) is 12.4 Å². The number of rotatable bonds is 3. The van der Waals surface area contributed by atoms with Crippen molar-refractivity contribution in [2.75, 3.05) is 5.32 Å². The number of nitrogens with one attached hydrogen (secondary N) is 1. The lowest BCUT2D eigenvalue weighted by atomic mass is 10.0. The van der Waals surface area contributed by atoms with E-state index < -0.39 is 0 Å². The molecular weight excluding hydrogens is 292 g/mol. The molecule has 22 heavy (non-hydrogen) atoms. The Morgan fingerprint density at radius 3 is 2.36 bits per heavy atom. The minimum Gasteiger partial charge on any atom is -0.366 e. The van der Waals surface area contributed by atoms with Crippen molar-refractivity contribution in [1.82, 2.24) is 4.98 Å². The smallest absolute Gasteiger partial charge is 0.127 e. The van der Waals surface area contributed by atoms with Crippen LogP contribution in [0, 0.1) is 20.8 Å². The minimum atomic E-state index is 0. The van der Waals surface area contributed by atoms with Crippen LogP contribution in [0.1, 0.15) is 22.3 Å². The Balaban J connectivity index is 0.00000176. The van der Waals surface area contributed by atoms with Crippen molar-refractivity contribution in [2.45, 2.75) is 27.3 Å². The molecule has 0 saturated carbocycles. The highest BCUT2D eigenvalue weighted by Gasteiger charge is 2.06. The molecule has 0 aliphatic rings. The van der Waals surface area contributed by atoms with E-state index in [1.54, 1.807) is 0 Å². The van der Waals surface area contributed by atoms with Gasteiger partial charge in [-0.25, -0.2) is 4.98 Å². The van der Waals surface area contributed by atoms with Crippen molar-refractivity contribution < 1.29 is 0 Å². The molecule has 1 heterocycles. The molecule has 2 nitrogen and oxygen atoms in total. The molecule has 114 valence electrons. The number of pyridine rings is 1. The van der Waals surface area contributed by atoms with Gasteiger partial charge in [-0.3, -0.25) is 0 Å². The van der Waals surface area contributed by atoms with Gasteiger partial charge in [0.2, 0.25) is 0 Å². The fraction of sp³-hybridized carbons (Fsp3) is 0.211. The molecule has 3 aromatic rings. The average Bonchev–Trinajstić information content (AvgIpc) is 2.47. The van der Waals surface area contributed by atoms with E-state index in [1.807, 2.05) is 6.07 Å². The fourth-order valence-corrected chi connectivity index (χ4v) is 2.72. The van der Waals surface area contributed by atoms with Crippen LogP contribution in [0.25, 0.3) is 10.9 Å². The molecule has 3 heteroatoms. The van der Waals surface area contributed by atoms with Crippen LogP contribution >= 0.6 is 12.4 Å². The quantitative estimate of drug-likeness (QED) is 0.719. The zero-order valence-electron chi connectivity index (χ0n) is 13.2. The van der Waals surface area contributed by atoms with Gasteiger partial charge < -0.3 is 5.32 Å². The second-order valence-corrected chi connectivity index (χ2v) is 5.64. The maximum Gasteiger partial charge on any atom is 0.127 e. The fourth-order valence-electron chi connectivity index (χ4n) is 2.72. The standard InChI is InChI=1S/C19H20N2.ClH/c1-13-9-15(3)19-17(10-13)14(2)11-18(21-19)20-12-16-7-5-4-6-8-16;/h4-11H,12H2,1-3H3,(H,20,21);1H. The Bertz CT molecular complexity index is 782. The largest absolute Gasteiger partial charge is 0.366 e. The first-order valence-electron chi connectivity index (χ1n) is 7.30. The van der Waals surface area contributed by atoms with Gasteiger partial charge in [0, 0.05) is 11.9 Å². The minimum absolute atomic E-state index is 0. The number of aromatic nitrogens is 1. The van der Waals surface area contributed by atoms with E-state index in [0.717, 1.165) is 17.9 Å². The van der Waals surface area contributed by atoms with Crippen molar-refractivity contribution in [2.24, 2.45) is 0 Å². The van der Waals surface area contributed by atoms with E-state index >= 15 is 0 Å². The number of anilines is 1. The van der Waals surface area contributed by atoms with Gasteiger partial charge in [-0.05, 0) is 49.6 Å². The molecular formula is C19H21ClN2. The second-order valence-electron chi connectivity index (χ2n) is 5.64. The van der Waals surface area contributed by atoms with Crippen molar-refractivity contribution in [3.05, 3.63) is 70.8 Å². The van der Waals surface area contributed by atoms with Crippen molar-refractivity contribution >= 4 is 29.1 Å². The predicted molar refractivity (Wildman–Crippen MR) is 97.0 cm³/mol. The molecule has 0 aliphatic carbocycles. The van der Waals surface area contributed by atoms with Crippen LogP contribution in [-0.4, -0.2) is 4.98 Å². The lowest BCUT2D eigenvalue weighted by Gasteiger charge is -2.11. The summed E-state index contributed by atoms with van der Waals surface area (Å²) in [5, 5.41) is 4.67. The normalized spacial score (nSPS) is 10.3. The molecule has 2 aromatic carbocycles. The van der Waals surface area contributed by atoms with E-state index in [0.29, 0.717) is 0 Å². The molecule has 0 radical (unpaired) electrons. The highest BCUT2D eigenvalue weighted by molar-refractivity contribution is 5.87. The highest BCUT2D eigenvalue weighted by Crippen LogP contribution is 2.24. The number of aryl methyl sites for hydroxylation is 3. The monoisotopic (exact) mass is 312 g/mol. The molecule has 0 saturated heterocycles. The summed E-state index contributed by atoms with van der Waals surface area (Å²) in [6, 6.07) is 16.9. The van der Waals surface area contributed by atoms with Gasteiger partial charge >= 0.3 is 0 Å². The van der Waals surface area contributed by atoms with Crippen LogP contribution in [0.15, 0.2) is 48.5 Å². The number of hydrogen-bond acceptors (Lipinski definition) is 2. The summed E-state index contributed by atoms with van der Waals surface area (Å²) in [6.07, 6.45) is 0. The number of hydrogen-bond donors (Lipinski definition) is 1. The summed E-state index contributed by atoms with van der Waals surface area (Å²) in [5.74, 6) is 0.941. The molecule has 0 fully saturated rings. The van der Waals surface area contributed by atoms with Crippen LogP contribution in [0.3, 0.4) is 0 Å². The summed E-state index contributed by atoms with van der Waals surface area (Å²) < 4.78 is 0. The van der Waals surface area contributed by atoms with Crippen LogP contribution in [0.5, 0.6) is 0 Å². The summed E-state index contributed by atoms with van der Waals surface area (Å²) in [7, 11) is 0. The third kappa shape index (κ3) is 3.40. The van der Waals surface area contributed by atoms with Crippen molar-refractivity contribution in [3.63, 3.8) is 0 Å². The van der Waals surface area contributed by atoms with Gasteiger partial charge in [0.1, 0.15) is 5.82 Å². The number of nitrogens with zero attached hydrogens (tertiary/aromatic N) is 1. The lowest BCUT2D eigenvalue weighted by molar-refractivity contribution is 1.12. The van der Waals surface area contributed by atoms with Crippen molar-refractivity contribution in [3.8, 4) is 0 Å². The first-order chi connectivity index (χ1) is 10.1. The van der Waals surface area contributed by atoms with Crippen molar-refractivity contribution in [1.29, 1.82) is 0 Å². The van der Waals surface area contributed by atoms with Crippen LogP contribution in [0.2, 0.25) is 0 Å². The third-order valence-electron chi connectivity index (χ3n) is 3.77. The maximum absolute atomic E-state index is 4.78. The Kier molecular flexibility index (Phi) is 5.04. The Morgan fingerprint density at radius 1 is 0.909 bits per heavy atom. The van der Waals surface area contributed by atoms with E-state index in [-0.39, 0.29) is 12.4 Å². The molecule has 1 N–H and O–H groups in total. The van der Waals surface area contributed by atoms with E-state index in [4.69, 9.17) is 4.98 Å². The third-order valence-corrected chi connectivity index (χ3v) is 3.77. The molecule has 0 amide bonds. The number of benzene rings is 2. The number of fused-ring (bicyclic) bond motifs is 1. The van der Waals surface area contributed by atoms with E-state index in [2.05, 4.69) is 68.6 Å². The molecule has 0 spiro atoms. The molecule has 0 unspecified atom stereocenters. The summed E-state index contributed by atoms with van der Waals surface area (Å²) in [5.41, 5.74) is 6.14. The molecule has 0 atom stereocenters. The number of halogens is 1. The summed E-state index contributed by atoms with van der Waals surface area (Å²) >= 11 is 0. The zero-order valence-corrected chi connectivity index (χ0v) is 14.0. The van der Waals surface area contributed by atoms with Crippen LogP contribution in [-0.2, 0) is 6.54 Å². The Hall–Kier alpha value is -2.06. The Morgan fingerprint density at radius 2 is 1.64 bits per heavy atom. The first-order valence-corrected chi connectivity index (χ1v) is 7.30. The van der Waals surface area contributed by atoms with E-state index in [1.165, 1.54) is 27.6 Å². The topological polar surface area (TPSA) is 24.9 Å². The molecule has 1 aromatic heterocycles. The molecule has 3 rings (SSSR count). The van der Waals surface area contributed by atoms with Gasteiger partial charge in [0.15, 0.2) is 0 Å². The van der Waals surface area contributed by atoms with Gasteiger partial charge in [-0.2, -0.15) is 0 Å². The Labute approximate surface area is 138 Å². The maximum atomic E-state index is 4.78. The van der Waals surface area contributed by atoms with Gasteiger partial charge in [0.25, 0.3) is 0 Å². The summed E-state index contributed by atoms with van der Waals surface area (Å²) in [4.78, 5) is 4.78. The average molecular weight is 313 g/mol.